The maximum absolute atomic E-state index is 13.1. The van der Waals surface area contributed by atoms with Gasteiger partial charge in [0, 0.05) is 26.1 Å². The largest absolute Gasteiger partial charge is 0.361 e. The number of ether oxygens (including phenoxy) is 1. The van der Waals surface area contributed by atoms with Gasteiger partial charge in [0.05, 0.1) is 19.6 Å². The summed E-state index contributed by atoms with van der Waals surface area (Å²) in [5.74, 6) is -0.0740. The minimum Gasteiger partial charge on any atom is -0.361 e. The normalized spacial score (nSPS) is 25.2. The summed E-state index contributed by atoms with van der Waals surface area (Å²) in [6, 6.07) is 19.7. The fourth-order valence-corrected chi connectivity index (χ4v) is 4.22. The van der Waals surface area contributed by atoms with E-state index in [-0.39, 0.29) is 17.7 Å². The van der Waals surface area contributed by atoms with E-state index in [1.807, 2.05) is 60.7 Å². The van der Waals surface area contributed by atoms with E-state index in [9.17, 15) is 9.59 Å². The number of hydrogen-bond donors (Lipinski definition) is 0. The van der Waals surface area contributed by atoms with Gasteiger partial charge in [-0.2, -0.15) is 0 Å². The zero-order valence-corrected chi connectivity index (χ0v) is 15.5. The first-order chi connectivity index (χ1) is 13.1. The van der Waals surface area contributed by atoms with Crippen molar-refractivity contribution in [3.8, 4) is 0 Å². The van der Waals surface area contributed by atoms with Gasteiger partial charge in [0.25, 0.3) is 5.91 Å². The van der Waals surface area contributed by atoms with Crippen LogP contribution in [0.4, 0.5) is 0 Å². The summed E-state index contributed by atoms with van der Waals surface area (Å²) >= 11 is 0. The Balaban J connectivity index is 1.59. The molecule has 140 valence electrons. The number of morpholine rings is 1. The van der Waals surface area contributed by atoms with Crippen LogP contribution in [-0.4, -0.2) is 60.5 Å². The van der Waals surface area contributed by atoms with Gasteiger partial charge in [0.15, 0.2) is 5.60 Å². The minimum atomic E-state index is -0.985. The van der Waals surface area contributed by atoms with Crippen LogP contribution in [0.2, 0.25) is 0 Å². The number of benzene rings is 2. The van der Waals surface area contributed by atoms with Gasteiger partial charge < -0.3 is 14.5 Å². The third kappa shape index (κ3) is 3.23. The first-order valence-corrected chi connectivity index (χ1v) is 9.36. The van der Waals surface area contributed by atoms with Crippen LogP contribution in [-0.2, 0) is 20.7 Å². The number of carbonyl (C=O) groups is 2. The van der Waals surface area contributed by atoms with Gasteiger partial charge >= 0.3 is 0 Å². The zero-order chi connectivity index (χ0) is 18.9. The van der Waals surface area contributed by atoms with Gasteiger partial charge in [-0.15, -0.1) is 0 Å². The Labute approximate surface area is 159 Å². The first-order valence-electron chi connectivity index (χ1n) is 9.36. The highest BCUT2D eigenvalue weighted by molar-refractivity contribution is 5.90. The second kappa shape index (κ2) is 7.16. The topological polar surface area (TPSA) is 49.9 Å². The van der Waals surface area contributed by atoms with E-state index >= 15 is 0 Å². The minimum absolute atomic E-state index is 0.0337. The smallest absolute Gasteiger partial charge is 0.257 e. The molecule has 0 saturated carbocycles. The van der Waals surface area contributed by atoms with Crippen molar-refractivity contribution >= 4 is 11.8 Å². The van der Waals surface area contributed by atoms with Gasteiger partial charge in [0.1, 0.15) is 0 Å². The summed E-state index contributed by atoms with van der Waals surface area (Å²) in [7, 11) is 1.81. The average Bonchev–Trinajstić information content (AvgIpc) is 2.94. The van der Waals surface area contributed by atoms with E-state index in [2.05, 4.69) is 0 Å². The molecule has 2 amide bonds. The predicted octanol–water partition coefficient (Wildman–Crippen LogP) is 2.08. The Morgan fingerprint density at radius 3 is 2.48 bits per heavy atom. The van der Waals surface area contributed by atoms with Crippen molar-refractivity contribution in [1.82, 2.24) is 9.80 Å². The number of hydrogen-bond acceptors (Lipinski definition) is 3. The molecule has 2 aliphatic heterocycles. The van der Waals surface area contributed by atoms with Crippen LogP contribution in [0.1, 0.15) is 17.0 Å². The van der Waals surface area contributed by atoms with Crippen LogP contribution in [0.5, 0.6) is 0 Å². The predicted molar refractivity (Wildman–Crippen MR) is 102 cm³/mol. The molecule has 0 aliphatic carbocycles. The van der Waals surface area contributed by atoms with Crippen molar-refractivity contribution in [2.45, 2.75) is 17.9 Å². The van der Waals surface area contributed by atoms with Crippen molar-refractivity contribution in [2.75, 3.05) is 33.3 Å². The molecule has 2 aromatic rings. The van der Waals surface area contributed by atoms with Crippen molar-refractivity contribution in [3.05, 3.63) is 71.8 Å². The lowest BCUT2D eigenvalue weighted by Gasteiger charge is -2.42. The molecule has 27 heavy (non-hydrogen) atoms. The maximum atomic E-state index is 13.1. The second-order valence-electron chi connectivity index (χ2n) is 7.36. The summed E-state index contributed by atoms with van der Waals surface area (Å²) in [5, 5.41) is 0. The summed E-state index contributed by atoms with van der Waals surface area (Å²) in [4.78, 5) is 29.5. The van der Waals surface area contributed by atoms with Gasteiger partial charge in [-0.3, -0.25) is 9.59 Å². The molecule has 2 atom stereocenters. The van der Waals surface area contributed by atoms with Crippen LogP contribution in [0.15, 0.2) is 60.7 Å². The fraction of sp³-hybridized carbons (Fsp3) is 0.364. The van der Waals surface area contributed by atoms with E-state index in [1.165, 1.54) is 0 Å². The van der Waals surface area contributed by atoms with Crippen molar-refractivity contribution in [2.24, 2.45) is 0 Å². The molecule has 5 heteroatoms. The number of nitrogens with zero attached hydrogens (tertiary/aromatic N) is 2. The lowest BCUT2D eigenvalue weighted by Crippen LogP contribution is -2.59. The third-order valence-corrected chi connectivity index (χ3v) is 5.63. The molecular weight excluding hydrogens is 340 g/mol. The molecule has 2 aromatic carbocycles. The summed E-state index contributed by atoms with van der Waals surface area (Å²) in [6.07, 6.45) is 0.344. The highest BCUT2D eigenvalue weighted by atomic mass is 16.5. The monoisotopic (exact) mass is 364 g/mol. The molecule has 0 radical (unpaired) electrons. The Kier molecular flexibility index (Phi) is 4.70. The molecule has 2 fully saturated rings. The van der Waals surface area contributed by atoms with Crippen LogP contribution in [0.3, 0.4) is 0 Å². The summed E-state index contributed by atoms with van der Waals surface area (Å²) in [5.41, 5.74) is 1.07. The van der Waals surface area contributed by atoms with Gasteiger partial charge in [-0.05, 0) is 11.1 Å². The molecule has 0 N–H and O–H groups in total. The highest BCUT2D eigenvalue weighted by Gasteiger charge is 2.57. The van der Waals surface area contributed by atoms with E-state index in [0.717, 1.165) is 11.1 Å². The van der Waals surface area contributed by atoms with Crippen LogP contribution in [0, 0.1) is 0 Å². The Hall–Kier alpha value is -2.66. The quantitative estimate of drug-likeness (QED) is 0.838. The number of likely N-dealkylation sites (N-methyl/N-ethyl adjacent to an activating group) is 1. The summed E-state index contributed by atoms with van der Waals surface area (Å²) in [6.45, 7) is 1.81. The van der Waals surface area contributed by atoms with Crippen LogP contribution < -0.4 is 0 Å². The second-order valence-corrected chi connectivity index (χ2v) is 7.36. The molecule has 0 aromatic heterocycles. The first kappa shape index (κ1) is 17.7. The molecule has 2 aliphatic rings. The van der Waals surface area contributed by atoms with E-state index in [4.69, 9.17) is 4.74 Å². The van der Waals surface area contributed by atoms with Crippen molar-refractivity contribution in [3.63, 3.8) is 0 Å². The number of rotatable bonds is 3. The molecule has 0 bridgehead atoms. The SMILES string of the molecule is CN1CC(c2ccccc2)C2(CN(C(=O)Cc3ccccc3)CCO2)C1=O. The molecule has 2 unspecified atom stereocenters. The Morgan fingerprint density at radius 1 is 1.11 bits per heavy atom. The number of likely N-dealkylation sites (tertiary alicyclic amines) is 1. The van der Waals surface area contributed by atoms with Gasteiger partial charge in [-0.1, -0.05) is 60.7 Å². The van der Waals surface area contributed by atoms with Crippen molar-refractivity contribution in [1.29, 1.82) is 0 Å². The summed E-state index contributed by atoms with van der Waals surface area (Å²) < 4.78 is 6.12. The van der Waals surface area contributed by atoms with E-state index in [1.54, 1.807) is 16.8 Å². The molecule has 1 spiro atoms. The van der Waals surface area contributed by atoms with Gasteiger partial charge in [-0.25, -0.2) is 0 Å². The highest BCUT2D eigenvalue weighted by Crippen LogP contribution is 2.41. The van der Waals surface area contributed by atoms with E-state index in [0.29, 0.717) is 32.7 Å². The standard InChI is InChI=1S/C22H24N2O3/c1-23-15-19(18-10-6-3-7-11-18)22(21(23)26)16-24(12-13-27-22)20(25)14-17-8-4-2-5-9-17/h2-11,19H,12-16H2,1H3. The van der Waals surface area contributed by atoms with E-state index < -0.39 is 5.60 Å². The lowest BCUT2D eigenvalue weighted by atomic mass is 9.83. The number of carbonyl (C=O) groups excluding carboxylic acids is 2. The van der Waals surface area contributed by atoms with Crippen LogP contribution in [0.25, 0.3) is 0 Å². The van der Waals surface area contributed by atoms with Crippen molar-refractivity contribution < 1.29 is 14.3 Å². The van der Waals surface area contributed by atoms with Crippen LogP contribution >= 0.6 is 0 Å². The Morgan fingerprint density at radius 2 is 1.78 bits per heavy atom. The Bertz CT molecular complexity index is 824. The fourth-order valence-electron chi connectivity index (χ4n) is 4.22. The zero-order valence-electron chi connectivity index (χ0n) is 15.5. The average molecular weight is 364 g/mol. The molecular formula is C22H24N2O3. The molecule has 5 nitrogen and oxygen atoms in total. The maximum Gasteiger partial charge on any atom is 0.257 e. The molecule has 2 saturated heterocycles. The van der Waals surface area contributed by atoms with Gasteiger partial charge in [0.2, 0.25) is 5.91 Å². The third-order valence-electron chi connectivity index (χ3n) is 5.63. The molecule has 4 rings (SSSR count). The lowest BCUT2D eigenvalue weighted by molar-refractivity contribution is -0.166. The molecule has 2 heterocycles. The number of amides is 2.